The summed E-state index contributed by atoms with van der Waals surface area (Å²) >= 11 is 0. The molecule has 0 aliphatic carbocycles. The number of hydrogen-bond acceptors (Lipinski definition) is 5. The summed E-state index contributed by atoms with van der Waals surface area (Å²) in [5.74, 6) is -0.344. The Morgan fingerprint density at radius 1 is 0.885 bits per heavy atom. The summed E-state index contributed by atoms with van der Waals surface area (Å²) in [6.07, 6.45) is 3.17. The van der Waals surface area contributed by atoms with E-state index in [9.17, 15) is 14.2 Å². The van der Waals surface area contributed by atoms with Crippen molar-refractivity contribution in [3.8, 4) is 0 Å². The summed E-state index contributed by atoms with van der Waals surface area (Å²) in [7, 11) is -3.12. The number of hydrogen-bond donors (Lipinski definition) is 2. The molecule has 0 fully saturated rings. The van der Waals surface area contributed by atoms with Crippen LogP contribution < -0.4 is 10.6 Å². The Morgan fingerprint density at radius 2 is 1.42 bits per heavy atom. The fourth-order valence-corrected chi connectivity index (χ4v) is 3.70. The SMILES string of the molecule is C=C(C)C(=O)NCCCCCP(=O)(OCC)OCCCNC(=O)C(=C)C. The number of rotatable bonds is 15. The van der Waals surface area contributed by atoms with Crippen molar-refractivity contribution in [1.82, 2.24) is 10.6 Å². The number of amides is 2. The standard InChI is InChI=1S/C18H33N2O5P/c1-6-24-26(23,25-13-10-12-20-18(22)16(4)5)14-9-7-8-11-19-17(21)15(2)3/h2,4,6-14H2,1,3,5H3,(H,19,21)(H,20,22). The highest BCUT2D eigenvalue weighted by Crippen LogP contribution is 2.48. The van der Waals surface area contributed by atoms with Crippen molar-refractivity contribution in [2.24, 2.45) is 0 Å². The maximum absolute atomic E-state index is 12.6. The molecule has 2 N–H and O–H groups in total. The fourth-order valence-electron chi connectivity index (χ4n) is 1.95. The third kappa shape index (κ3) is 12.0. The summed E-state index contributed by atoms with van der Waals surface area (Å²) in [5.41, 5.74) is 0.934. The molecule has 0 saturated carbocycles. The molecule has 0 aliphatic rings. The van der Waals surface area contributed by atoms with Gasteiger partial charge >= 0.3 is 7.60 Å². The molecule has 0 aromatic rings. The molecule has 0 aromatic carbocycles. The van der Waals surface area contributed by atoms with Gasteiger partial charge in [-0.2, -0.15) is 0 Å². The van der Waals surface area contributed by atoms with Crippen molar-refractivity contribution < 1.29 is 23.2 Å². The van der Waals surface area contributed by atoms with Gasteiger partial charge in [0.05, 0.1) is 19.4 Å². The minimum absolute atomic E-state index is 0.146. The molecular weight excluding hydrogens is 355 g/mol. The zero-order valence-electron chi connectivity index (χ0n) is 16.3. The quantitative estimate of drug-likeness (QED) is 0.255. The average Bonchev–Trinajstić information content (AvgIpc) is 2.57. The first-order valence-corrected chi connectivity index (χ1v) is 10.7. The lowest BCUT2D eigenvalue weighted by Gasteiger charge is -2.18. The summed E-state index contributed by atoms with van der Waals surface area (Å²) in [5, 5.41) is 5.45. The van der Waals surface area contributed by atoms with Crippen molar-refractivity contribution in [3.63, 3.8) is 0 Å². The first-order chi connectivity index (χ1) is 12.2. The maximum Gasteiger partial charge on any atom is 0.330 e. The van der Waals surface area contributed by atoms with E-state index in [4.69, 9.17) is 9.05 Å². The second kappa shape index (κ2) is 13.7. The van der Waals surface area contributed by atoms with Crippen molar-refractivity contribution in [3.05, 3.63) is 24.3 Å². The second-order valence-corrected chi connectivity index (χ2v) is 8.26. The molecular formula is C18H33N2O5P. The van der Waals surface area contributed by atoms with Gasteiger partial charge < -0.3 is 19.7 Å². The number of unbranched alkanes of at least 4 members (excludes halogenated alkanes) is 2. The Hall–Kier alpha value is -1.43. The zero-order valence-corrected chi connectivity index (χ0v) is 17.2. The third-order valence-corrected chi connectivity index (χ3v) is 5.48. The third-order valence-electron chi connectivity index (χ3n) is 3.39. The fraction of sp³-hybridized carbons (Fsp3) is 0.667. The molecule has 0 aromatic heterocycles. The largest absolute Gasteiger partial charge is 0.352 e. The van der Waals surface area contributed by atoms with Crippen LogP contribution in [0, 0.1) is 0 Å². The molecule has 1 atom stereocenters. The Bertz CT molecular complexity index is 534. The maximum atomic E-state index is 12.6. The molecule has 0 spiro atoms. The van der Waals surface area contributed by atoms with Crippen LogP contribution in [0.15, 0.2) is 24.3 Å². The molecule has 0 saturated heterocycles. The molecule has 8 heteroatoms. The average molecular weight is 388 g/mol. The van der Waals surface area contributed by atoms with Gasteiger partial charge in [-0.25, -0.2) is 0 Å². The Balaban J connectivity index is 3.99. The highest BCUT2D eigenvalue weighted by Gasteiger charge is 2.23. The lowest BCUT2D eigenvalue weighted by Crippen LogP contribution is -2.25. The van der Waals surface area contributed by atoms with Gasteiger partial charge in [0, 0.05) is 24.2 Å². The number of carbonyl (C=O) groups is 2. The lowest BCUT2D eigenvalue weighted by molar-refractivity contribution is -0.118. The molecule has 0 rings (SSSR count). The first kappa shape index (κ1) is 24.6. The predicted octanol–water partition coefficient (Wildman–Crippen LogP) is 3.18. The Morgan fingerprint density at radius 3 is 1.92 bits per heavy atom. The van der Waals surface area contributed by atoms with Crippen LogP contribution in [-0.4, -0.2) is 44.3 Å². The van der Waals surface area contributed by atoms with Gasteiger partial charge in [-0.15, -0.1) is 0 Å². The van der Waals surface area contributed by atoms with E-state index in [2.05, 4.69) is 23.8 Å². The van der Waals surface area contributed by atoms with E-state index in [1.165, 1.54) is 0 Å². The van der Waals surface area contributed by atoms with Crippen LogP contribution in [0.2, 0.25) is 0 Å². The van der Waals surface area contributed by atoms with Crippen LogP contribution in [0.25, 0.3) is 0 Å². The second-order valence-electron chi connectivity index (χ2n) is 6.07. The van der Waals surface area contributed by atoms with E-state index >= 15 is 0 Å². The van der Waals surface area contributed by atoms with E-state index < -0.39 is 7.60 Å². The molecule has 0 radical (unpaired) electrons. The van der Waals surface area contributed by atoms with E-state index in [0.29, 0.717) is 49.8 Å². The summed E-state index contributed by atoms with van der Waals surface area (Å²) in [4.78, 5) is 22.7. The monoisotopic (exact) mass is 388 g/mol. The predicted molar refractivity (Wildman–Crippen MR) is 104 cm³/mol. The van der Waals surface area contributed by atoms with Crippen LogP contribution in [0.1, 0.15) is 46.5 Å². The first-order valence-electron chi connectivity index (χ1n) is 8.97. The van der Waals surface area contributed by atoms with Crippen molar-refractivity contribution in [2.45, 2.75) is 46.5 Å². The van der Waals surface area contributed by atoms with Crippen LogP contribution >= 0.6 is 7.60 Å². The van der Waals surface area contributed by atoms with Gasteiger partial charge in [-0.3, -0.25) is 14.2 Å². The van der Waals surface area contributed by atoms with Crippen LogP contribution in [0.3, 0.4) is 0 Å². The summed E-state index contributed by atoms with van der Waals surface area (Å²) in [6, 6.07) is 0. The van der Waals surface area contributed by atoms with Gasteiger partial charge in [-0.05, 0) is 40.0 Å². The van der Waals surface area contributed by atoms with E-state index in [-0.39, 0.29) is 18.4 Å². The van der Waals surface area contributed by atoms with Gasteiger partial charge in [0.25, 0.3) is 0 Å². The van der Waals surface area contributed by atoms with Gasteiger partial charge in [0.2, 0.25) is 11.8 Å². The molecule has 0 aliphatic heterocycles. The van der Waals surface area contributed by atoms with Crippen LogP contribution in [0.4, 0.5) is 0 Å². The molecule has 0 heterocycles. The molecule has 0 bridgehead atoms. The smallest absolute Gasteiger partial charge is 0.330 e. The molecule has 2 amide bonds. The van der Waals surface area contributed by atoms with E-state index in [1.807, 2.05) is 0 Å². The number of nitrogens with one attached hydrogen (secondary N) is 2. The highest BCUT2D eigenvalue weighted by atomic mass is 31.2. The topological polar surface area (TPSA) is 93.7 Å². The highest BCUT2D eigenvalue weighted by molar-refractivity contribution is 7.53. The van der Waals surface area contributed by atoms with E-state index in [1.54, 1.807) is 20.8 Å². The molecule has 7 nitrogen and oxygen atoms in total. The molecule has 150 valence electrons. The van der Waals surface area contributed by atoms with Crippen molar-refractivity contribution >= 4 is 19.4 Å². The Labute approximate surface area is 157 Å². The summed E-state index contributed by atoms with van der Waals surface area (Å²) < 4.78 is 23.4. The summed E-state index contributed by atoms with van der Waals surface area (Å²) in [6.45, 7) is 13.8. The molecule has 26 heavy (non-hydrogen) atoms. The Kier molecular flexibility index (Phi) is 13.0. The van der Waals surface area contributed by atoms with Gasteiger partial charge in [0.15, 0.2) is 0 Å². The van der Waals surface area contributed by atoms with Crippen molar-refractivity contribution in [2.75, 3.05) is 32.5 Å². The lowest BCUT2D eigenvalue weighted by atomic mass is 10.2. The molecule has 1 unspecified atom stereocenters. The van der Waals surface area contributed by atoms with Crippen LogP contribution in [-0.2, 0) is 23.2 Å². The minimum Gasteiger partial charge on any atom is -0.352 e. The number of carbonyl (C=O) groups excluding carboxylic acids is 2. The van der Waals surface area contributed by atoms with Crippen molar-refractivity contribution in [1.29, 1.82) is 0 Å². The van der Waals surface area contributed by atoms with Crippen LogP contribution in [0.5, 0.6) is 0 Å². The van der Waals surface area contributed by atoms with Gasteiger partial charge in [0.1, 0.15) is 0 Å². The zero-order chi connectivity index (χ0) is 20.0. The van der Waals surface area contributed by atoms with E-state index in [0.717, 1.165) is 12.8 Å². The minimum atomic E-state index is -3.12. The normalized spacial score (nSPS) is 12.9. The van der Waals surface area contributed by atoms with Gasteiger partial charge in [-0.1, -0.05) is 19.6 Å².